The smallest absolute Gasteiger partial charge is 0.000741 e. The molecular formula is C42H26. The zero-order valence-corrected chi connectivity index (χ0v) is 23.1. The van der Waals surface area contributed by atoms with Gasteiger partial charge in [0.05, 0.1) is 0 Å². The van der Waals surface area contributed by atoms with Crippen molar-refractivity contribution in [3.8, 4) is 33.4 Å². The van der Waals surface area contributed by atoms with E-state index in [0.29, 0.717) is 0 Å². The molecule has 0 aromatic heterocycles. The Morgan fingerprint density at radius 3 is 1.76 bits per heavy atom. The van der Waals surface area contributed by atoms with E-state index in [1.165, 1.54) is 92.8 Å². The van der Waals surface area contributed by atoms with Gasteiger partial charge in [-0.25, -0.2) is 0 Å². The van der Waals surface area contributed by atoms with E-state index in [9.17, 15) is 0 Å². The molecule has 8 aromatic carbocycles. The van der Waals surface area contributed by atoms with Crippen LogP contribution in [0.4, 0.5) is 0 Å². The number of allylic oxidation sites excluding steroid dienone is 4. The molecule has 0 N–H and O–H groups in total. The first-order valence-electron chi connectivity index (χ1n) is 14.5. The van der Waals surface area contributed by atoms with Crippen molar-refractivity contribution < 1.29 is 0 Å². The fourth-order valence-corrected chi connectivity index (χ4v) is 7.63. The zero-order chi connectivity index (χ0) is 27.9. The van der Waals surface area contributed by atoms with Crippen LogP contribution in [-0.4, -0.2) is 0 Å². The Morgan fingerprint density at radius 1 is 0.476 bits per heavy atom. The Labute approximate surface area is 244 Å². The van der Waals surface area contributed by atoms with Gasteiger partial charge in [0.15, 0.2) is 0 Å². The fraction of sp³-hybridized carbons (Fsp3) is 0. The van der Waals surface area contributed by atoms with Crippen molar-refractivity contribution in [2.45, 2.75) is 0 Å². The molecule has 1 aliphatic rings. The number of fused-ring (bicyclic) bond motifs is 6. The van der Waals surface area contributed by atoms with Gasteiger partial charge < -0.3 is 0 Å². The molecule has 0 spiro atoms. The minimum Gasteiger partial charge on any atom is -0.0991 e. The van der Waals surface area contributed by atoms with E-state index in [2.05, 4.69) is 134 Å². The van der Waals surface area contributed by atoms with Crippen molar-refractivity contribution in [1.29, 1.82) is 0 Å². The lowest BCUT2D eigenvalue weighted by atomic mass is 9.82. The van der Waals surface area contributed by atoms with Gasteiger partial charge in [-0.15, -0.1) is 0 Å². The van der Waals surface area contributed by atoms with Crippen LogP contribution in [0.15, 0.2) is 147 Å². The summed E-state index contributed by atoms with van der Waals surface area (Å²) in [4.78, 5) is 0. The van der Waals surface area contributed by atoms with Crippen molar-refractivity contribution in [3.63, 3.8) is 0 Å². The monoisotopic (exact) mass is 530 g/mol. The van der Waals surface area contributed by atoms with Gasteiger partial charge in [-0.05, 0) is 98.4 Å². The number of hydrogen-bond donors (Lipinski definition) is 0. The highest BCUT2D eigenvalue weighted by atomic mass is 14.3. The second-order valence-corrected chi connectivity index (χ2v) is 11.3. The van der Waals surface area contributed by atoms with E-state index in [1.54, 1.807) is 0 Å². The molecule has 42 heavy (non-hydrogen) atoms. The van der Waals surface area contributed by atoms with Crippen LogP contribution in [0.5, 0.6) is 0 Å². The molecule has 9 rings (SSSR count). The Balaban J connectivity index is 1.54. The Hall–Kier alpha value is -5.46. The summed E-state index contributed by atoms with van der Waals surface area (Å²) in [5.41, 5.74) is 9.89. The molecule has 0 heteroatoms. The summed E-state index contributed by atoms with van der Waals surface area (Å²) >= 11 is 0. The second-order valence-electron chi connectivity index (χ2n) is 11.3. The molecule has 194 valence electrons. The lowest BCUT2D eigenvalue weighted by molar-refractivity contribution is 1.63. The SMILES string of the molecule is C=C/C=C\C(=C)c1c2c(c(-c3ccccc3)c3ccccc13)-c1ccc3c4cccc5cccc(c6ccc-2c1c63)c54. The Bertz CT molecular complexity index is 2420. The summed E-state index contributed by atoms with van der Waals surface area (Å²) in [6.45, 7) is 8.52. The van der Waals surface area contributed by atoms with Gasteiger partial charge in [-0.3, -0.25) is 0 Å². The third kappa shape index (κ3) is 2.91. The second kappa shape index (κ2) is 8.52. The predicted molar refractivity (Wildman–Crippen MR) is 183 cm³/mol. The summed E-state index contributed by atoms with van der Waals surface area (Å²) in [6, 6.07) is 42.6. The minimum absolute atomic E-state index is 0.995. The van der Waals surface area contributed by atoms with Crippen LogP contribution < -0.4 is 0 Å². The zero-order valence-electron chi connectivity index (χ0n) is 23.1. The number of rotatable bonds is 4. The highest BCUT2D eigenvalue weighted by Gasteiger charge is 2.31. The quantitative estimate of drug-likeness (QED) is 0.121. The maximum Gasteiger partial charge on any atom is -0.000741 e. The molecule has 0 saturated carbocycles. The third-order valence-electron chi connectivity index (χ3n) is 9.22. The molecular weight excluding hydrogens is 504 g/mol. The van der Waals surface area contributed by atoms with E-state index in [0.717, 1.165) is 5.57 Å². The van der Waals surface area contributed by atoms with Crippen LogP contribution in [0.1, 0.15) is 5.56 Å². The first kappa shape index (κ1) is 23.3. The van der Waals surface area contributed by atoms with Crippen molar-refractivity contribution in [2.75, 3.05) is 0 Å². The van der Waals surface area contributed by atoms with Gasteiger partial charge in [0, 0.05) is 0 Å². The first-order valence-corrected chi connectivity index (χ1v) is 14.5. The van der Waals surface area contributed by atoms with E-state index in [1.807, 2.05) is 12.2 Å². The van der Waals surface area contributed by atoms with Crippen LogP contribution >= 0.6 is 0 Å². The molecule has 0 saturated heterocycles. The minimum atomic E-state index is 0.995. The van der Waals surface area contributed by atoms with Gasteiger partial charge >= 0.3 is 0 Å². The molecule has 0 atom stereocenters. The summed E-state index contributed by atoms with van der Waals surface area (Å²) < 4.78 is 0. The van der Waals surface area contributed by atoms with E-state index >= 15 is 0 Å². The summed E-state index contributed by atoms with van der Waals surface area (Å²) in [7, 11) is 0. The number of benzene rings is 8. The first-order chi connectivity index (χ1) is 20.8. The van der Waals surface area contributed by atoms with Crippen molar-refractivity contribution in [3.05, 3.63) is 152 Å². The topological polar surface area (TPSA) is 0 Å². The summed E-state index contributed by atoms with van der Waals surface area (Å²) in [6.07, 6.45) is 5.91. The average molecular weight is 531 g/mol. The van der Waals surface area contributed by atoms with Crippen LogP contribution in [0.2, 0.25) is 0 Å². The van der Waals surface area contributed by atoms with Crippen LogP contribution in [0.3, 0.4) is 0 Å². The lowest BCUT2D eigenvalue weighted by Gasteiger charge is -2.20. The maximum atomic E-state index is 4.60. The summed E-state index contributed by atoms with van der Waals surface area (Å²) in [5, 5.41) is 13.1. The van der Waals surface area contributed by atoms with Crippen LogP contribution in [0, 0.1) is 0 Å². The molecule has 8 aromatic rings. The molecule has 0 bridgehead atoms. The van der Waals surface area contributed by atoms with E-state index in [-0.39, 0.29) is 0 Å². The molecule has 0 nitrogen and oxygen atoms in total. The van der Waals surface area contributed by atoms with Crippen molar-refractivity contribution in [2.24, 2.45) is 0 Å². The van der Waals surface area contributed by atoms with Crippen LogP contribution in [0.25, 0.3) is 92.8 Å². The molecule has 0 heterocycles. The van der Waals surface area contributed by atoms with Crippen molar-refractivity contribution >= 4 is 59.4 Å². The molecule has 0 amide bonds. The van der Waals surface area contributed by atoms with Crippen LogP contribution in [-0.2, 0) is 0 Å². The van der Waals surface area contributed by atoms with Gasteiger partial charge in [0.1, 0.15) is 0 Å². The molecule has 1 aliphatic carbocycles. The van der Waals surface area contributed by atoms with Gasteiger partial charge in [-0.2, -0.15) is 0 Å². The lowest BCUT2D eigenvalue weighted by Crippen LogP contribution is -1.95. The highest BCUT2D eigenvalue weighted by molar-refractivity contribution is 6.38. The predicted octanol–water partition coefficient (Wildman–Crippen LogP) is 12.0. The van der Waals surface area contributed by atoms with E-state index < -0.39 is 0 Å². The maximum absolute atomic E-state index is 4.60. The average Bonchev–Trinajstić information content (AvgIpc) is 3.37. The Morgan fingerprint density at radius 2 is 1.07 bits per heavy atom. The highest BCUT2D eigenvalue weighted by Crippen LogP contribution is 2.58. The molecule has 0 fully saturated rings. The largest absolute Gasteiger partial charge is 0.0991 e. The normalized spacial score (nSPS) is 12.4. The standard InChI is InChI=1S/C42H26/c1-3-4-12-25(2)36-28-17-8-9-18-31(28)38(27-13-6-5-7-14-27)42-35-24-22-33-30-20-11-16-26-15-10-19-29(37(26)30)32-21-23-34(41(36)42)40(35)39(32)33/h3-24H,1-2H2/b12-4-. The number of hydrogen-bond acceptors (Lipinski definition) is 0. The van der Waals surface area contributed by atoms with Gasteiger partial charge in [0.2, 0.25) is 0 Å². The van der Waals surface area contributed by atoms with Crippen molar-refractivity contribution in [1.82, 2.24) is 0 Å². The van der Waals surface area contributed by atoms with E-state index in [4.69, 9.17) is 0 Å². The Kier molecular flexibility index (Phi) is 4.72. The summed E-state index contributed by atoms with van der Waals surface area (Å²) in [5.74, 6) is 0. The van der Waals surface area contributed by atoms with Gasteiger partial charge in [-0.1, -0.05) is 147 Å². The molecule has 0 radical (unpaired) electrons. The fourth-order valence-electron chi connectivity index (χ4n) is 7.63. The van der Waals surface area contributed by atoms with Gasteiger partial charge in [0.25, 0.3) is 0 Å². The third-order valence-corrected chi connectivity index (χ3v) is 9.22. The molecule has 0 unspecified atom stereocenters. The molecule has 0 aliphatic heterocycles.